The molecule has 13 nitrogen and oxygen atoms in total. The van der Waals surface area contributed by atoms with Crippen molar-refractivity contribution in [3.05, 3.63) is 36.0 Å². The topological polar surface area (TPSA) is 230 Å². The standard InChI is InChI=1S/C27H40N6O7/c1-15(2)12-21(25(37)31-20(27(39)40)9-10-23(34)35)33-26(38)22(32-24(36)18(29)7-5-11-28)13-16-14-30-19-8-4-3-6-17(16)19/h3-4,6,8,14-15,18,20-22,30H,5,7,9-13,28-29H2,1-2H3,(H,31,37)(H,32,36)(H,33,38)(H,34,35)(H,39,40)/t18-,20-,21-,22-/m0/s1. The predicted octanol–water partition coefficient (Wildman–Crippen LogP) is 0.227. The number of benzene rings is 1. The van der Waals surface area contributed by atoms with Crippen molar-refractivity contribution in [2.45, 2.75) is 76.5 Å². The molecule has 4 atom stereocenters. The minimum atomic E-state index is -1.45. The fraction of sp³-hybridized carbons (Fsp3) is 0.519. The van der Waals surface area contributed by atoms with Crippen molar-refractivity contribution in [3.8, 4) is 0 Å². The third kappa shape index (κ3) is 9.97. The average molecular weight is 561 g/mol. The number of nitrogens with one attached hydrogen (secondary N) is 4. The van der Waals surface area contributed by atoms with E-state index in [9.17, 15) is 29.1 Å². The Balaban J connectivity index is 2.28. The first kappa shape index (κ1) is 32.2. The molecule has 10 N–H and O–H groups in total. The summed E-state index contributed by atoms with van der Waals surface area (Å²) in [5.74, 6) is -4.62. The molecular formula is C27H40N6O7. The maximum atomic E-state index is 13.5. The van der Waals surface area contributed by atoms with Gasteiger partial charge in [0.05, 0.1) is 6.04 Å². The van der Waals surface area contributed by atoms with Crippen LogP contribution in [0.25, 0.3) is 10.9 Å². The molecule has 13 heteroatoms. The molecular weight excluding hydrogens is 520 g/mol. The van der Waals surface area contributed by atoms with Gasteiger partial charge in [0.2, 0.25) is 17.7 Å². The first-order chi connectivity index (χ1) is 18.9. The smallest absolute Gasteiger partial charge is 0.326 e. The van der Waals surface area contributed by atoms with Crippen molar-refractivity contribution in [3.63, 3.8) is 0 Å². The van der Waals surface area contributed by atoms with Crippen LogP contribution in [0.4, 0.5) is 0 Å². The number of H-pyrrole nitrogens is 1. The van der Waals surface area contributed by atoms with Crippen molar-refractivity contribution >= 4 is 40.6 Å². The summed E-state index contributed by atoms with van der Waals surface area (Å²) in [6, 6.07) is 2.90. The fourth-order valence-electron chi connectivity index (χ4n) is 4.25. The van der Waals surface area contributed by atoms with E-state index < -0.39 is 60.2 Å². The van der Waals surface area contributed by atoms with E-state index in [4.69, 9.17) is 16.6 Å². The average Bonchev–Trinajstić information content (AvgIpc) is 3.30. The van der Waals surface area contributed by atoms with Gasteiger partial charge in [-0.2, -0.15) is 0 Å². The van der Waals surface area contributed by atoms with Crippen molar-refractivity contribution < 1.29 is 34.2 Å². The van der Waals surface area contributed by atoms with Crippen molar-refractivity contribution in [2.75, 3.05) is 6.54 Å². The van der Waals surface area contributed by atoms with E-state index in [1.165, 1.54) is 0 Å². The van der Waals surface area contributed by atoms with Crippen LogP contribution < -0.4 is 27.4 Å². The SMILES string of the molecule is CC(C)C[C@H](NC(=O)[C@H](Cc1c[nH]c2ccccc12)NC(=O)[C@@H](N)CCCN)C(=O)N[C@@H](CCC(=O)O)C(=O)O. The largest absolute Gasteiger partial charge is 0.481 e. The number of carboxylic acids is 2. The number of amides is 3. The zero-order valence-electron chi connectivity index (χ0n) is 22.8. The molecule has 0 spiro atoms. The zero-order valence-corrected chi connectivity index (χ0v) is 22.8. The summed E-state index contributed by atoms with van der Waals surface area (Å²) in [6.45, 7) is 4.01. The molecule has 0 unspecified atom stereocenters. The number of hydrogen-bond acceptors (Lipinski definition) is 7. The number of carboxylic acid groups (broad SMARTS) is 2. The van der Waals surface area contributed by atoms with E-state index in [1.807, 2.05) is 38.1 Å². The third-order valence-corrected chi connectivity index (χ3v) is 6.39. The van der Waals surface area contributed by atoms with Crippen LogP contribution in [0, 0.1) is 5.92 Å². The van der Waals surface area contributed by atoms with Gasteiger partial charge in [-0.05, 0) is 49.8 Å². The Morgan fingerprint density at radius 1 is 0.900 bits per heavy atom. The molecule has 0 aliphatic carbocycles. The molecule has 0 saturated carbocycles. The summed E-state index contributed by atoms with van der Waals surface area (Å²) in [7, 11) is 0. The molecule has 40 heavy (non-hydrogen) atoms. The molecule has 2 rings (SSSR count). The number of carbonyl (C=O) groups excluding carboxylic acids is 3. The molecule has 0 fully saturated rings. The summed E-state index contributed by atoms with van der Waals surface area (Å²) < 4.78 is 0. The van der Waals surface area contributed by atoms with Gasteiger partial charge < -0.3 is 42.6 Å². The first-order valence-corrected chi connectivity index (χ1v) is 13.3. The van der Waals surface area contributed by atoms with Gasteiger partial charge in [-0.1, -0.05) is 32.0 Å². The normalized spacial score (nSPS) is 14.2. The minimum absolute atomic E-state index is 0.0651. The van der Waals surface area contributed by atoms with E-state index in [1.54, 1.807) is 6.20 Å². The Labute approximate surface area is 232 Å². The number of carbonyl (C=O) groups is 5. The van der Waals surface area contributed by atoms with Crippen LogP contribution >= 0.6 is 0 Å². The molecule has 0 bridgehead atoms. The highest BCUT2D eigenvalue weighted by Crippen LogP contribution is 2.19. The molecule has 220 valence electrons. The Bertz CT molecular complexity index is 1180. The van der Waals surface area contributed by atoms with E-state index in [2.05, 4.69) is 20.9 Å². The second-order valence-electron chi connectivity index (χ2n) is 10.2. The molecule has 0 aliphatic heterocycles. The lowest BCUT2D eigenvalue weighted by molar-refractivity contribution is -0.143. The molecule has 0 radical (unpaired) electrons. The van der Waals surface area contributed by atoms with Crippen LogP contribution in [0.2, 0.25) is 0 Å². The van der Waals surface area contributed by atoms with Gasteiger partial charge in [0, 0.05) is 29.9 Å². The molecule has 0 aliphatic rings. The first-order valence-electron chi connectivity index (χ1n) is 13.3. The van der Waals surface area contributed by atoms with Crippen LogP contribution in [0.1, 0.15) is 51.5 Å². The Morgan fingerprint density at radius 3 is 2.15 bits per heavy atom. The maximum absolute atomic E-state index is 13.5. The molecule has 2 aromatic rings. The highest BCUT2D eigenvalue weighted by Gasteiger charge is 2.31. The molecule has 1 heterocycles. The second kappa shape index (κ2) is 15.6. The number of aromatic nitrogens is 1. The Kier molecular flexibility index (Phi) is 12.6. The van der Waals surface area contributed by atoms with Crippen LogP contribution in [0.15, 0.2) is 30.5 Å². The molecule has 1 aromatic carbocycles. The van der Waals surface area contributed by atoms with E-state index >= 15 is 0 Å². The lowest BCUT2D eigenvalue weighted by Gasteiger charge is -2.26. The number of aromatic amines is 1. The van der Waals surface area contributed by atoms with Crippen molar-refractivity contribution in [2.24, 2.45) is 17.4 Å². The van der Waals surface area contributed by atoms with E-state index in [0.29, 0.717) is 19.4 Å². The monoisotopic (exact) mass is 560 g/mol. The van der Waals surface area contributed by atoms with Gasteiger partial charge in [-0.15, -0.1) is 0 Å². The highest BCUT2D eigenvalue weighted by molar-refractivity contribution is 5.95. The third-order valence-electron chi connectivity index (χ3n) is 6.39. The molecule has 3 amide bonds. The van der Waals surface area contributed by atoms with Crippen LogP contribution in [-0.4, -0.2) is 75.6 Å². The van der Waals surface area contributed by atoms with E-state index in [0.717, 1.165) is 16.5 Å². The number of fused-ring (bicyclic) bond motifs is 1. The van der Waals surface area contributed by atoms with Gasteiger partial charge in [-0.25, -0.2) is 4.79 Å². The molecule has 0 saturated heterocycles. The van der Waals surface area contributed by atoms with Gasteiger partial charge in [0.25, 0.3) is 0 Å². The summed E-state index contributed by atoms with van der Waals surface area (Å²) in [6.07, 6.45) is 2.08. The van der Waals surface area contributed by atoms with Crippen LogP contribution in [0.3, 0.4) is 0 Å². The maximum Gasteiger partial charge on any atom is 0.326 e. The van der Waals surface area contributed by atoms with Crippen molar-refractivity contribution in [1.82, 2.24) is 20.9 Å². The Hall–Kier alpha value is -3.97. The van der Waals surface area contributed by atoms with Gasteiger partial charge >= 0.3 is 11.9 Å². The predicted molar refractivity (Wildman–Crippen MR) is 148 cm³/mol. The number of aliphatic carboxylic acids is 2. The number of hydrogen-bond donors (Lipinski definition) is 8. The van der Waals surface area contributed by atoms with Crippen LogP contribution in [0.5, 0.6) is 0 Å². The zero-order chi connectivity index (χ0) is 29.8. The summed E-state index contributed by atoms with van der Waals surface area (Å²) >= 11 is 0. The van der Waals surface area contributed by atoms with Crippen LogP contribution in [-0.2, 0) is 30.4 Å². The van der Waals surface area contributed by atoms with Crippen molar-refractivity contribution in [1.29, 1.82) is 0 Å². The number of para-hydroxylation sites is 1. The highest BCUT2D eigenvalue weighted by atomic mass is 16.4. The lowest BCUT2D eigenvalue weighted by Crippen LogP contribution is -2.57. The summed E-state index contributed by atoms with van der Waals surface area (Å²) in [4.78, 5) is 65.1. The van der Waals surface area contributed by atoms with Gasteiger partial charge in [0.15, 0.2) is 0 Å². The quantitative estimate of drug-likeness (QED) is 0.132. The van der Waals surface area contributed by atoms with Gasteiger partial charge in [0.1, 0.15) is 18.1 Å². The van der Waals surface area contributed by atoms with Gasteiger partial charge in [-0.3, -0.25) is 19.2 Å². The molecule has 1 aromatic heterocycles. The second-order valence-corrected chi connectivity index (χ2v) is 10.2. The summed E-state index contributed by atoms with van der Waals surface area (Å²) in [5.41, 5.74) is 13.1. The number of nitrogens with two attached hydrogens (primary N) is 2. The number of rotatable bonds is 17. The summed E-state index contributed by atoms with van der Waals surface area (Å²) in [5, 5.41) is 26.9. The Morgan fingerprint density at radius 2 is 1.52 bits per heavy atom. The minimum Gasteiger partial charge on any atom is -0.481 e. The fourth-order valence-corrected chi connectivity index (χ4v) is 4.25. The van der Waals surface area contributed by atoms with E-state index in [-0.39, 0.29) is 25.2 Å². The lowest BCUT2D eigenvalue weighted by atomic mass is 10.00.